The van der Waals surface area contributed by atoms with Crippen LogP contribution in [0.3, 0.4) is 0 Å². The molecule has 0 aliphatic rings. The standard InChI is InChI=1S/C28H16F16O3S/c1-15(45)16-7-11-19(12-8-16)48(18-5-3-2-4-6-18,20-13-9-17(29)10-14-20)47-21(46)22(30,31)23(32,33)24(34,35)25(36,37)26(38,39)27(40,41)28(42,43)44/h2-14H,1H3. The van der Waals surface area contributed by atoms with Crippen LogP contribution in [0.1, 0.15) is 17.3 Å². The second kappa shape index (κ2) is 12.2. The van der Waals surface area contributed by atoms with Gasteiger partial charge >= 0.3 is 47.7 Å². The fraction of sp³-hybridized carbons (Fsp3) is 0.286. The van der Waals surface area contributed by atoms with E-state index in [0.717, 1.165) is 67.6 Å². The number of Topliss-reactive ketones (excluding diaryl/α,β-unsaturated/α-hetero) is 1. The maximum Gasteiger partial charge on any atom is 0.460 e. The van der Waals surface area contributed by atoms with Gasteiger partial charge in [0.05, 0.1) is 0 Å². The molecular weight excluding hydrogens is 720 g/mol. The molecule has 20 heteroatoms. The zero-order chi connectivity index (χ0) is 36.9. The third-order valence-corrected chi connectivity index (χ3v) is 9.81. The van der Waals surface area contributed by atoms with Gasteiger partial charge < -0.3 is 4.18 Å². The first kappa shape index (κ1) is 38.5. The Kier molecular flexibility index (Phi) is 9.76. The second-order valence-electron chi connectivity index (χ2n) is 9.72. The van der Waals surface area contributed by atoms with E-state index in [2.05, 4.69) is 0 Å². The first-order chi connectivity index (χ1) is 21.6. The van der Waals surface area contributed by atoms with E-state index in [4.69, 9.17) is 4.18 Å². The number of carbonyl (C=O) groups excluding carboxylic acids is 2. The summed E-state index contributed by atoms with van der Waals surface area (Å²) in [6, 6.07) is 11.9. The summed E-state index contributed by atoms with van der Waals surface area (Å²) in [7, 11) is -4.38. The van der Waals surface area contributed by atoms with Gasteiger partial charge in [-0.15, -0.1) is 0 Å². The number of halogens is 16. The molecule has 3 rings (SSSR count). The molecule has 1 atom stereocenters. The lowest BCUT2D eigenvalue weighted by Crippen LogP contribution is -2.73. The maximum absolute atomic E-state index is 15.1. The van der Waals surface area contributed by atoms with Gasteiger partial charge in [0.2, 0.25) is 0 Å². The largest absolute Gasteiger partial charge is 0.460 e. The van der Waals surface area contributed by atoms with E-state index in [-0.39, 0.29) is 5.56 Å². The molecule has 48 heavy (non-hydrogen) atoms. The molecule has 0 amide bonds. The minimum atomic E-state index is -8.62. The minimum absolute atomic E-state index is 0.0964. The monoisotopic (exact) mass is 736 g/mol. The highest BCUT2D eigenvalue weighted by molar-refractivity contribution is 8.30. The molecule has 0 saturated heterocycles. The zero-order valence-electron chi connectivity index (χ0n) is 23.2. The summed E-state index contributed by atoms with van der Waals surface area (Å²) in [4.78, 5) is 23.1. The molecule has 0 bridgehead atoms. The van der Waals surface area contributed by atoms with Crippen LogP contribution >= 0.6 is 10.3 Å². The molecule has 1 unspecified atom stereocenters. The predicted octanol–water partition coefficient (Wildman–Crippen LogP) is 10.1. The Bertz CT molecular complexity index is 1640. The molecule has 0 N–H and O–H groups in total. The van der Waals surface area contributed by atoms with Crippen LogP contribution in [0.2, 0.25) is 0 Å². The van der Waals surface area contributed by atoms with Crippen molar-refractivity contribution in [1.29, 1.82) is 0 Å². The van der Waals surface area contributed by atoms with Crippen molar-refractivity contribution in [3.8, 4) is 0 Å². The van der Waals surface area contributed by atoms with Crippen molar-refractivity contribution in [2.75, 3.05) is 0 Å². The topological polar surface area (TPSA) is 43.4 Å². The molecule has 0 saturated carbocycles. The summed E-state index contributed by atoms with van der Waals surface area (Å²) in [6.45, 7) is 1.05. The van der Waals surface area contributed by atoms with Crippen molar-refractivity contribution in [2.24, 2.45) is 0 Å². The van der Waals surface area contributed by atoms with E-state index in [1.807, 2.05) is 0 Å². The minimum Gasteiger partial charge on any atom is -0.397 e. The number of benzene rings is 3. The molecule has 0 aromatic heterocycles. The van der Waals surface area contributed by atoms with Gasteiger partial charge in [0, 0.05) is 20.2 Å². The van der Waals surface area contributed by atoms with Crippen LogP contribution in [0.4, 0.5) is 70.2 Å². The van der Waals surface area contributed by atoms with Crippen molar-refractivity contribution in [2.45, 2.75) is 63.3 Å². The van der Waals surface area contributed by atoms with E-state index in [1.165, 1.54) is 6.07 Å². The fourth-order valence-corrected chi connectivity index (χ4v) is 6.95. The Labute approximate surface area is 260 Å². The Morgan fingerprint density at radius 3 is 1.31 bits per heavy atom. The van der Waals surface area contributed by atoms with Gasteiger partial charge in [-0.25, -0.2) is 9.18 Å². The third-order valence-electron chi connectivity index (χ3n) is 6.60. The number of hydrogen-bond acceptors (Lipinski definition) is 3. The van der Waals surface area contributed by atoms with Crippen LogP contribution in [0, 0.1) is 5.82 Å². The predicted molar refractivity (Wildman–Crippen MR) is 134 cm³/mol. The first-order valence-electron chi connectivity index (χ1n) is 12.5. The number of alkyl halides is 15. The molecule has 264 valence electrons. The van der Waals surface area contributed by atoms with E-state index in [9.17, 15) is 71.1 Å². The average Bonchev–Trinajstić information content (AvgIpc) is 2.99. The highest BCUT2D eigenvalue weighted by Gasteiger charge is 2.94. The summed E-state index contributed by atoms with van der Waals surface area (Å²) in [5.74, 6) is -54.9. The summed E-state index contributed by atoms with van der Waals surface area (Å²) < 4.78 is 226. The van der Waals surface area contributed by atoms with E-state index >= 15 is 8.78 Å². The van der Waals surface area contributed by atoms with Crippen molar-refractivity contribution in [1.82, 2.24) is 0 Å². The number of ketones is 1. The molecular formula is C28H16F16O3S. The zero-order valence-corrected chi connectivity index (χ0v) is 24.0. The van der Waals surface area contributed by atoms with Crippen LogP contribution in [-0.2, 0) is 8.98 Å². The molecule has 0 fully saturated rings. The summed E-state index contributed by atoms with van der Waals surface area (Å²) in [5, 5.41) is 0. The maximum atomic E-state index is 15.1. The van der Waals surface area contributed by atoms with Crippen LogP contribution < -0.4 is 0 Å². The number of rotatable bonds is 11. The van der Waals surface area contributed by atoms with Gasteiger partial charge in [0.1, 0.15) is 5.82 Å². The third kappa shape index (κ3) is 5.74. The van der Waals surface area contributed by atoms with Crippen molar-refractivity contribution in [3.63, 3.8) is 0 Å². The Morgan fingerprint density at radius 1 is 0.521 bits per heavy atom. The Hall–Kier alpha value is -3.97. The van der Waals surface area contributed by atoms with Gasteiger partial charge in [0.25, 0.3) is 0 Å². The van der Waals surface area contributed by atoms with Gasteiger partial charge in [-0.3, -0.25) is 4.79 Å². The normalized spacial score (nSPS) is 15.8. The number of carbonyl (C=O) groups is 2. The molecule has 3 nitrogen and oxygen atoms in total. The van der Waals surface area contributed by atoms with E-state index in [0.29, 0.717) is 12.1 Å². The first-order valence-corrected chi connectivity index (χ1v) is 14.0. The van der Waals surface area contributed by atoms with Crippen LogP contribution in [0.5, 0.6) is 0 Å². The Balaban J connectivity index is 2.28. The lowest BCUT2D eigenvalue weighted by molar-refractivity contribution is -0.450. The van der Waals surface area contributed by atoms with Gasteiger partial charge in [-0.2, -0.15) is 65.9 Å². The average molecular weight is 736 g/mol. The molecule has 0 radical (unpaired) electrons. The smallest absolute Gasteiger partial charge is 0.397 e. The van der Waals surface area contributed by atoms with Crippen LogP contribution in [0.25, 0.3) is 0 Å². The van der Waals surface area contributed by atoms with Gasteiger partial charge in [-0.1, -0.05) is 30.3 Å². The molecule has 3 aromatic rings. The SMILES string of the molecule is CC(=O)c1ccc(S(OC(=O)C(F)(F)C(F)(F)C(F)(F)C(F)(F)C(F)(F)C(F)(F)C(F)(F)F)(c2ccccc2)c2ccc(F)cc2)cc1. The summed E-state index contributed by atoms with van der Waals surface area (Å²) >= 11 is 0. The lowest BCUT2D eigenvalue weighted by atomic mass is 9.91. The highest BCUT2D eigenvalue weighted by atomic mass is 32.3. The summed E-state index contributed by atoms with van der Waals surface area (Å²) in [6.07, 6.45) is -7.79. The van der Waals surface area contributed by atoms with Crippen LogP contribution in [0.15, 0.2) is 93.5 Å². The second-order valence-corrected chi connectivity index (χ2v) is 12.4. The van der Waals surface area contributed by atoms with Crippen molar-refractivity contribution < 1.29 is 84.0 Å². The molecule has 3 aromatic carbocycles. The quantitative estimate of drug-likeness (QED) is 0.145. The van der Waals surface area contributed by atoms with Crippen LogP contribution in [-0.4, -0.2) is 53.5 Å². The fourth-order valence-electron chi connectivity index (χ4n) is 3.93. The van der Waals surface area contributed by atoms with Crippen molar-refractivity contribution in [3.05, 3.63) is 90.2 Å². The molecule has 0 aliphatic carbocycles. The molecule has 0 spiro atoms. The lowest BCUT2D eigenvalue weighted by Gasteiger charge is -2.43. The van der Waals surface area contributed by atoms with E-state index in [1.54, 1.807) is 0 Å². The molecule has 0 aliphatic heterocycles. The van der Waals surface area contributed by atoms with Gasteiger partial charge in [0.15, 0.2) is 5.78 Å². The highest BCUT2D eigenvalue weighted by Crippen LogP contribution is 2.70. The van der Waals surface area contributed by atoms with Gasteiger partial charge in [-0.05, 0) is 65.8 Å². The Morgan fingerprint density at radius 2 is 0.896 bits per heavy atom. The van der Waals surface area contributed by atoms with Crippen molar-refractivity contribution >= 4 is 22.1 Å². The summed E-state index contributed by atoms with van der Waals surface area (Å²) in [5.41, 5.74) is -0.0964. The molecule has 0 heterocycles. The van der Waals surface area contributed by atoms with E-state index < -0.39 is 84.3 Å². The number of hydrogen-bond donors (Lipinski definition) is 0.